The third-order valence-electron chi connectivity index (χ3n) is 8.19. The van der Waals surface area contributed by atoms with E-state index in [1.807, 2.05) is 0 Å². The van der Waals surface area contributed by atoms with Gasteiger partial charge in [0.25, 0.3) is 0 Å². The zero-order valence-corrected chi connectivity index (χ0v) is 15.0. The van der Waals surface area contributed by atoms with E-state index in [0.29, 0.717) is 5.92 Å². The molecule has 0 aromatic carbocycles. The lowest BCUT2D eigenvalue weighted by atomic mass is 9.41. The van der Waals surface area contributed by atoms with Crippen LogP contribution in [0, 0.1) is 28.1 Å². The molecule has 3 aliphatic carbocycles. The summed E-state index contributed by atoms with van der Waals surface area (Å²) in [4.78, 5) is 0. The largest absolute Gasteiger partial charge is 0.394 e. The van der Waals surface area contributed by atoms with Gasteiger partial charge in [-0.2, -0.15) is 0 Å². The molecule has 0 amide bonds. The normalized spacial score (nSPS) is 51.7. The summed E-state index contributed by atoms with van der Waals surface area (Å²) in [6.07, 6.45) is 6.09. The Kier molecular flexibility index (Phi) is 4.23. The minimum atomic E-state index is -0.686. The van der Waals surface area contributed by atoms with E-state index in [2.05, 4.69) is 27.4 Å². The predicted octanol–water partition coefficient (Wildman–Crippen LogP) is 3.28. The Morgan fingerprint density at radius 2 is 1.91 bits per heavy atom. The number of hydrogen-bond acceptors (Lipinski definition) is 3. The first kappa shape index (κ1) is 17.4. The fourth-order valence-corrected chi connectivity index (χ4v) is 6.40. The number of rotatable bonds is 2. The Balaban J connectivity index is 1.94. The molecular weight excluding hydrogens is 288 g/mol. The number of aliphatic hydroxyl groups excluding tert-OH is 3. The van der Waals surface area contributed by atoms with Crippen molar-refractivity contribution in [1.29, 1.82) is 0 Å². The molecule has 3 nitrogen and oxygen atoms in total. The molecule has 0 heterocycles. The Morgan fingerprint density at radius 3 is 2.57 bits per heavy atom. The highest BCUT2D eigenvalue weighted by Gasteiger charge is 2.61. The van der Waals surface area contributed by atoms with Crippen LogP contribution >= 0.6 is 0 Å². The van der Waals surface area contributed by atoms with Crippen LogP contribution in [0.5, 0.6) is 0 Å². The first-order valence-electron chi connectivity index (χ1n) is 9.32. The van der Waals surface area contributed by atoms with Crippen molar-refractivity contribution in [1.82, 2.24) is 0 Å². The Bertz CT molecular complexity index is 489. The topological polar surface area (TPSA) is 60.7 Å². The minimum absolute atomic E-state index is 0.0618. The van der Waals surface area contributed by atoms with Gasteiger partial charge in [-0.05, 0) is 73.0 Å². The molecule has 3 N–H and O–H groups in total. The molecule has 7 unspecified atom stereocenters. The van der Waals surface area contributed by atoms with Crippen LogP contribution in [0.4, 0.5) is 0 Å². The Hall–Kier alpha value is -0.380. The minimum Gasteiger partial charge on any atom is -0.394 e. The van der Waals surface area contributed by atoms with Crippen molar-refractivity contribution in [2.24, 2.45) is 28.1 Å². The van der Waals surface area contributed by atoms with Gasteiger partial charge in [-0.25, -0.2) is 0 Å². The zero-order valence-electron chi connectivity index (χ0n) is 15.0. The summed E-state index contributed by atoms with van der Waals surface area (Å²) < 4.78 is 0. The van der Waals surface area contributed by atoms with E-state index in [1.165, 1.54) is 18.4 Å². The molecule has 0 radical (unpaired) electrons. The fraction of sp³-hybridized carbons (Fsp3) is 0.900. The van der Waals surface area contributed by atoms with Gasteiger partial charge < -0.3 is 15.3 Å². The van der Waals surface area contributed by atoms with E-state index < -0.39 is 6.10 Å². The van der Waals surface area contributed by atoms with Crippen molar-refractivity contribution >= 4 is 0 Å². The summed E-state index contributed by atoms with van der Waals surface area (Å²) in [6.45, 7) is 10.9. The van der Waals surface area contributed by atoms with Crippen LogP contribution in [-0.4, -0.2) is 34.1 Å². The van der Waals surface area contributed by atoms with Gasteiger partial charge >= 0.3 is 0 Å². The van der Waals surface area contributed by atoms with Gasteiger partial charge in [0.2, 0.25) is 0 Å². The van der Waals surface area contributed by atoms with E-state index in [9.17, 15) is 15.3 Å². The maximum atomic E-state index is 11.0. The molecule has 0 aromatic heterocycles. The summed E-state index contributed by atoms with van der Waals surface area (Å²) in [7, 11) is 0. The van der Waals surface area contributed by atoms with Crippen molar-refractivity contribution < 1.29 is 15.3 Å². The first-order valence-corrected chi connectivity index (χ1v) is 9.32. The van der Waals surface area contributed by atoms with Crippen LogP contribution in [-0.2, 0) is 0 Å². The van der Waals surface area contributed by atoms with Crippen LogP contribution in [0.3, 0.4) is 0 Å². The molecule has 3 aliphatic rings. The highest BCUT2D eigenvalue weighted by Crippen LogP contribution is 2.67. The smallest absolute Gasteiger partial charge is 0.0824 e. The zero-order chi connectivity index (χ0) is 17.0. The molecule has 7 atom stereocenters. The second kappa shape index (κ2) is 5.57. The number of aliphatic hydroxyl groups is 3. The van der Waals surface area contributed by atoms with Gasteiger partial charge in [0.05, 0.1) is 18.8 Å². The van der Waals surface area contributed by atoms with Crippen molar-refractivity contribution in [3.05, 3.63) is 12.2 Å². The average molecular weight is 322 g/mol. The molecule has 132 valence electrons. The third-order valence-corrected chi connectivity index (χ3v) is 8.19. The van der Waals surface area contributed by atoms with Gasteiger partial charge in [-0.1, -0.05) is 32.9 Å². The SMILES string of the molecule is C=C1CCCC2C1(C)CC(O)C1CC(C)(C(O)CO)CCC12C. The van der Waals surface area contributed by atoms with Gasteiger partial charge in [0.1, 0.15) is 0 Å². The van der Waals surface area contributed by atoms with Gasteiger partial charge in [0, 0.05) is 0 Å². The van der Waals surface area contributed by atoms with E-state index in [0.717, 1.165) is 32.1 Å². The Morgan fingerprint density at radius 1 is 1.22 bits per heavy atom. The van der Waals surface area contributed by atoms with E-state index >= 15 is 0 Å². The summed E-state index contributed by atoms with van der Waals surface area (Å²) >= 11 is 0. The highest BCUT2D eigenvalue weighted by molar-refractivity contribution is 5.21. The average Bonchev–Trinajstić information content (AvgIpc) is 2.50. The summed E-state index contributed by atoms with van der Waals surface area (Å²) in [6, 6.07) is 0. The fourth-order valence-electron chi connectivity index (χ4n) is 6.40. The number of fused-ring (bicyclic) bond motifs is 3. The molecule has 0 bridgehead atoms. The molecule has 23 heavy (non-hydrogen) atoms. The molecule has 3 heteroatoms. The molecule has 0 aliphatic heterocycles. The van der Waals surface area contributed by atoms with Crippen molar-refractivity contribution in [3.8, 4) is 0 Å². The molecule has 3 fully saturated rings. The van der Waals surface area contributed by atoms with Crippen LogP contribution in [0.2, 0.25) is 0 Å². The van der Waals surface area contributed by atoms with Gasteiger partial charge in [-0.3, -0.25) is 0 Å². The van der Waals surface area contributed by atoms with Crippen molar-refractivity contribution in [2.45, 2.75) is 77.9 Å². The van der Waals surface area contributed by atoms with Crippen molar-refractivity contribution in [3.63, 3.8) is 0 Å². The van der Waals surface area contributed by atoms with Gasteiger partial charge in [0.15, 0.2) is 0 Å². The van der Waals surface area contributed by atoms with Crippen molar-refractivity contribution in [2.75, 3.05) is 6.61 Å². The maximum Gasteiger partial charge on any atom is 0.0824 e. The lowest BCUT2D eigenvalue weighted by Gasteiger charge is -2.64. The lowest BCUT2D eigenvalue weighted by molar-refractivity contribution is -0.178. The predicted molar refractivity (Wildman–Crippen MR) is 91.9 cm³/mol. The monoisotopic (exact) mass is 322 g/mol. The number of hydrogen-bond donors (Lipinski definition) is 3. The summed E-state index contributed by atoms with van der Waals surface area (Å²) in [5.74, 6) is 0.798. The standard InChI is InChI=1S/C20H34O3/c1-13-6-5-7-16-19(3)9-8-18(2,17(23)12-21)10-14(19)15(22)11-20(13,16)4/h14-17,21-23H,1,5-12H2,2-4H3. The van der Waals surface area contributed by atoms with Gasteiger partial charge in [-0.15, -0.1) is 0 Å². The summed E-state index contributed by atoms with van der Waals surface area (Å²) in [5, 5.41) is 30.7. The number of allylic oxidation sites excluding steroid dienone is 1. The second-order valence-corrected chi connectivity index (χ2v) is 9.41. The third kappa shape index (κ3) is 2.42. The molecule has 0 saturated heterocycles. The lowest BCUT2D eigenvalue weighted by Crippen LogP contribution is -2.60. The maximum absolute atomic E-state index is 11.0. The van der Waals surface area contributed by atoms with Crippen LogP contribution < -0.4 is 0 Å². The van der Waals surface area contributed by atoms with Crippen LogP contribution in [0.25, 0.3) is 0 Å². The van der Waals surface area contributed by atoms with E-state index in [-0.39, 0.29) is 34.9 Å². The first-order chi connectivity index (χ1) is 10.7. The van der Waals surface area contributed by atoms with E-state index in [4.69, 9.17) is 0 Å². The molecule has 0 spiro atoms. The van der Waals surface area contributed by atoms with Crippen LogP contribution in [0.15, 0.2) is 12.2 Å². The molecular formula is C20H34O3. The summed E-state index contributed by atoms with van der Waals surface area (Å²) in [5.41, 5.74) is 1.23. The Labute approximate surface area is 140 Å². The molecule has 0 aromatic rings. The quantitative estimate of drug-likeness (QED) is 0.684. The van der Waals surface area contributed by atoms with Crippen LogP contribution in [0.1, 0.15) is 65.7 Å². The van der Waals surface area contributed by atoms with E-state index in [1.54, 1.807) is 0 Å². The molecule has 3 saturated carbocycles. The highest BCUT2D eigenvalue weighted by atomic mass is 16.3. The molecule has 3 rings (SSSR count). The second-order valence-electron chi connectivity index (χ2n) is 9.41.